The molecule has 0 atom stereocenters. The zero-order valence-electron chi connectivity index (χ0n) is 9.71. The first-order chi connectivity index (χ1) is 7.36. The van der Waals surface area contributed by atoms with Gasteiger partial charge in [0.25, 0.3) is 0 Å². The third-order valence-electron chi connectivity index (χ3n) is 2.74. The van der Waals surface area contributed by atoms with Gasteiger partial charge in [0.1, 0.15) is 0 Å². The molecule has 0 saturated heterocycles. The van der Waals surface area contributed by atoms with E-state index in [1.807, 2.05) is 0 Å². The van der Waals surface area contributed by atoms with Gasteiger partial charge in [0.2, 0.25) is 0 Å². The minimum absolute atomic E-state index is 1.10. The molecule has 1 aromatic rings. The first kappa shape index (κ1) is 12.0. The Morgan fingerprint density at radius 3 is 2.27 bits per heavy atom. The smallest absolute Gasteiger partial charge is 0.0256 e. The van der Waals surface area contributed by atoms with Crippen molar-refractivity contribution in [2.75, 3.05) is 0 Å². The van der Waals surface area contributed by atoms with Gasteiger partial charge in [0.05, 0.1) is 0 Å². The second-order valence-corrected chi connectivity index (χ2v) is 4.07. The highest BCUT2D eigenvalue weighted by atomic mass is 14.0. The molecular formula is C15H21. The molecule has 81 valence electrons. The van der Waals surface area contributed by atoms with Crippen molar-refractivity contribution in [3.63, 3.8) is 0 Å². The molecular weight excluding hydrogens is 180 g/mol. The van der Waals surface area contributed by atoms with Crippen LogP contribution in [0, 0.1) is 6.58 Å². The Morgan fingerprint density at radius 1 is 1.00 bits per heavy atom. The summed E-state index contributed by atoms with van der Waals surface area (Å²) in [5.74, 6) is 0. The quantitative estimate of drug-likeness (QED) is 0.563. The van der Waals surface area contributed by atoms with Gasteiger partial charge in [0, 0.05) is 0 Å². The third-order valence-corrected chi connectivity index (χ3v) is 2.74. The molecule has 0 aromatic heterocycles. The summed E-state index contributed by atoms with van der Waals surface area (Å²) in [4.78, 5) is 0. The lowest BCUT2D eigenvalue weighted by atomic mass is 10.0. The van der Waals surface area contributed by atoms with Crippen molar-refractivity contribution in [1.29, 1.82) is 0 Å². The van der Waals surface area contributed by atoms with E-state index >= 15 is 0 Å². The Morgan fingerprint density at radius 2 is 1.67 bits per heavy atom. The summed E-state index contributed by atoms with van der Waals surface area (Å²) in [6.45, 7) is 7.68. The topological polar surface area (TPSA) is 0 Å². The fraction of sp³-hybridized carbons (Fsp3) is 0.467. The molecule has 0 aliphatic heterocycles. The molecule has 0 amide bonds. The van der Waals surface area contributed by atoms with Crippen LogP contribution in [0.4, 0.5) is 0 Å². The number of rotatable bonds is 7. The summed E-state index contributed by atoms with van der Waals surface area (Å²) in [6.07, 6.45) is 9.59. The molecule has 0 aliphatic rings. The summed E-state index contributed by atoms with van der Waals surface area (Å²) in [5.41, 5.74) is 2.53. The number of aryl methyl sites for hydroxylation is 1. The Balaban J connectivity index is 2.22. The van der Waals surface area contributed by atoms with Gasteiger partial charge in [0.15, 0.2) is 0 Å². The summed E-state index contributed by atoms with van der Waals surface area (Å²) in [5, 5.41) is 0. The Bertz CT molecular complexity index is 269. The van der Waals surface area contributed by atoms with Gasteiger partial charge in [-0.2, -0.15) is 0 Å². The lowest BCUT2D eigenvalue weighted by Gasteiger charge is -2.02. The predicted molar refractivity (Wildman–Crippen MR) is 67.7 cm³/mol. The zero-order valence-corrected chi connectivity index (χ0v) is 9.71. The molecule has 1 aromatic carbocycles. The highest BCUT2D eigenvalue weighted by Crippen LogP contribution is 2.10. The fourth-order valence-corrected chi connectivity index (χ4v) is 1.73. The van der Waals surface area contributed by atoms with Crippen molar-refractivity contribution in [3.8, 4) is 0 Å². The van der Waals surface area contributed by atoms with Crippen molar-refractivity contribution < 1.29 is 0 Å². The molecule has 1 rings (SSSR count). The SMILES string of the molecule is [CH]=Cc1ccc(CCCCCCC)cc1. The Kier molecular flexibility index (Phi) is 5.84. The van der Waals surface area contributed by atoms with Crippen LogP contribution in [0.15, 0.2) is 24.3 Å². The molecule has 0 heterocycles. The Hall–Kier alpha value is -1.04. The van der Waals surface area contributed by atoms with Crippen molar-refractivity contribution in [2.45, 2.75) is 45.4 Å². The van der Waals surface area contributed by atoms with Gasteiger partial charge in [-0.25, -0.2) is 0 Å². The predicted octanol–water partition coefficient (Wildman–Crippen LogP) is 4.65. The summed E-state index contributed by atoms with van der Waals surface area (Å²) in [7, 11) is 0. The summed E-state index contributed by atoms with van der Waals surface area (Å²) < 4.78 is 0. The van der Waals surface area contributed by atoms with E-state index in [1.54, 1.807) is 6.08 Å². The molecule has 1 radical (unpaired) electrons. The molecule has 0 spiro atoms. The van der Waals surface area contributed by atoms with E-state index < -0.39 is 0 Å². The monoisotopic (exact) mass is 201 g/mol. The molecule has 0 heteroatoms. The second kappa shape index (κ2) is 7.28. The van der Waals surface area contributed by atoms with Crippen molar-refractivity contribution in [2.24, 2.45) is 0 Å². The van der Waals surface area contributed by atoms with Crippen LogP contribution >= 0.6 is 0 Å². The maximum Gasteiger partial charge on any atom is -0.0256 e. The molecule has 15 heavy (non-hydrogen) atoms. The third kappa shape index (κ3) is 4.83. The van der Waals surface area contributed by atoms with E-state index in [9.17, 15) is 0 Å². The fourth-order valence-electron chi connectivity index (χ4n) is 1.73. The van der Waals surface area contributed by atoms with Gasteiger partial charge < -0.3 is 0 Å². The van der Waals surface area contributed by atoms with Crippen molar-refractivity contribution >= 4 is 6.08 Å². The molecule has 0 bridgehead atoms. The van der Waals surface area contributed by atoms with E-state index in [0.717, 1.165) is 5.56 Å². The molecule has 0 nitrogen and oxygen atoms in total. The maximum absolute atomic E-state index is 5.43. The van der Waals surface area contributed by atoms with Crippen LogP contribution in [0.25, 0.3) is 6.08 Å². The molecule has 0 fully saturated rings. The van der Waals surface area contributed by atoms with E-state index in [2.05, 4.69) is 31.2 Å². The molecule has 0 N–H and O–H groups in total. The largest absolute Gasteiger partial charge is 0.0654 e. The summed E-state index contributed by atoms with van der Waals surface area (Å²) >= 11 is 0. The van der Waals surface area contributed by atoms with E-state index in [0.29, 0.717) is 0 Å². The molecule has 0 saturated carbocycles. The highest BCUT2D eigenvalue weighted by molar-refractivity contribution is 5.45. The number of unbranched alkanes of at least 4 members (excludes halogenated alkanes) is 4. The highest BCUT2D eigenvalue weighted by Gasteiger charge is 1.93. The molecule has 0 aliphatic carbocycles. The number of hydrogen-bond donors (Lipinski definition) is 0. The van der Waals surface area contributed by atoms with Crippen LogP contribution in [0.2, 0.25) is 0 Å². The van der Waals surface area contributed by atoms with Gasteiger partial charge in [-0.05, 0) is 24.0 Å². The van der Waals surface area contributed by atoms with E-state index in [1.165, 1.54) is 44.1 Å². The van der Waals surface area contributed by atoms with Gasteiger partial charge in [-0.1, -0.05) is 69.5 Å². The van der Waals surface area contributed by atoms with Crippen molar-refractivity contribution in [3.05, 3.63) is 42.0 Å². The van der Waals surface area contributed by atoms with Crippen LogP contribution in [0.5, 0.6) is 0 Å². The number of benzene rings is 1. The molecule has 0 unspecified atom stereocenters. The maximum atomic E-state index is 5.43. The minimum atomic E-state index is 1.10. The average Bonchev–Trinajstić information content (AvgIpc) is 2.30. The van der Waals surface area contributed by atoms with Gasteiger partial charge >= 0.3 is 0 Å². The van der Waals surface area contributed by atoms with Crippen molar-refractivity contribution in [1.82, 2.24) is 0 Å². The number of hydrogen-bond acceptors (Lipinski definition) is 0. The lowest BCUT2D eigenvalue weighted by molar-refractivity contribution is 0.632. The lowest BCUT2D eigenvalue weighted by Crippen LogP contribution is -1.86. The Labute approximate surface area is 94.0 Å². The normalized spacial score (nSPS) is 10.2. The van der Waals surface area contributed by atoms with Crippen LogP contribution in [-0.2, 0) is 6.42 Å². The standard InChI is InChI=1S/C15H21/c1-3-5-6-7-8-9-15-12-10-14(4-2)11-13-15/h2,4,10-13H,3,5-9H2,1H3. The second-order valence-electron chi connectivity index (χ2n) is 4.07. The average molecular weight is 201 g/mol. The van der Waals surface area contributed by atoms with Gasteiger partial charge in [-0.3, -0.25) is 0 Å². The van der Waals surface area contributed by atoms with Gasteiger partial charge in [-0.15, -0.1) is 0 Å². The zero-order chi connectivity index (χ0) is 10.9. The van der Waals surface area contributed by atoms with E-state index in [4.69, 9.17) is 6.58 Å². The van der Waals surface area contributed by atoms with Crippen LogP contribution in [0.1, 0.15) is 50.2 Å². The minimum Gasteiger partial charge on any atom is -0.0654 e. The van der Waals surface area contributed by atoms with Crippen LogP contribution < -0.4 is 0 Å². The summed E-state index contributed by atoms with van der Waals surface area (Å²) in [6, 6.07) is 8.53. The van der Waals surface area contributed by atoms with E-state index in [-0.39, 0.29) is 0 Å². The first-order valence-corrected chi connectivity index (χ1v) is 6.00. The van der Waals surface area contributed by atoms with Crippen LogP contribution in [0.3, 0.4) is 0 Å². The van der Waals surface area contributed by atoms with Crippen LogP contribution in [-0.4, -0.2) is 0 Å². The first-order valence-electron chi connectivity index (χ1n) is 6.00.